The molecular formula is C24H36N2O6. The van der Waals surface area contributed by atoms with Crippen LogP contribution in [0, 0.1) is 0 Å². The third kappa shape index (κ3) is 5.92. The van der Waals surface area contributed by atoms with E-state index in [1.807, 2.05) is 24.3 Å². The van der Waals surface area contributed by atoms with Crippen LogP contribution >= 0.6 is 0 Å². The lowest BCUT2D eigenvalue weighted by Crippen LogP contribution is -2.59. The van der Waals surface area contributed by atoms with Crippen LogP contribution in [0.2, 0.25) is 0 Å². The van der Waals surface area contributed by atoms with Crippen molar-refractivity contribution in [3.63, 3.8) is 0 Å². The highest BCUT2D eigenvalue weighted by molar-refractivity contribution is 5.87. The van der Waals surface area contributed by atoms with Gasteiger partial charge in [-0.15, -0.1) is 0 Å². The van der Waals surface area contributed by atoms with E-state index in [2.05, 4.69) is 10.2 Å². The molecule has 178 valence electrons. The number of ether oxygens (including phenoxy) is 4. The molecule has 0 spiro atoms. The predicted octanol–water partition coefficient (Wildman–Crippen LogP) is 3.59. The lowest BCUT2D eigenvalue weighted by molar-refractivity contribution is -0.166. The predicted molar refractivity (Wildman–Crippen MR) is 121 cm³/mol. The maximum atomic E-state index is 13.4. The van der Waals surface area contributed by atoms with Crippen LogP contribution in [-0.4, -0.2) is 61.7 Å². The normalized spacial score (nSPS) is 24.2. The Balaban J connectivity index is 1.89. The van der Waals surface area contributed by atoms with Crippen LogP contribution in [0.3, 0.4) is 0 Å². The van der Waals surface area contributed by atoms with Gasteiger partial charge in [0.2, 0.25) is 0 Å². The Morgan fingerprint density at radius 3 is 2.12 bits per heavy atom. The number of hydrogen-bond acceptors (Lipinski definition) is 7. The summed E-state index contributed by atoms with van der Waals surface area (Å²) in [5.41, 5.74) is -0.920. The molecule has 0 aliphatic carbocycles. The van der Waals surface area contributed by atoms with E-state index in [0.717, 1.165) is 24.3 Å². The molecule has 8 heteroatoms. The molecule has 1 aromatic carbocycles. The monoisotopic (exact) mass is 448 g/mol. The summed E-state index contributed by atoms with van der Waals surface area (Å²) in [6, 6.07) is 7.90. The summed E-state index contributed by atoms with van der Waals surface area (Å²) >= 11 is 0. The van der Waals surface area contributed by atoms with Gasteiger partial charge in [0.05, 0.1) is 19.8 Å². The molecule has 3 rings (SSSR count). The van der Waals surface area contributed by atoms with E-state index in [-0.39, 0.29) is 6.42 Å². The van der Waals surface area contributed by atoms with Crippen molar-refractivity contribution in [3.8, 4) is 0 Å². The minimum Gasteiger partial charge on any atom is -0.458 e. The van der Waals surface area contributed by atoms with Crippen LogP contribution in [-0.2, 0) is 23.7 Å². The van der Waals surface area contributed by atoms with Crippen molar-refractivity contribution in [2.24, 2.45) is 0 Å². The quantitative estimate of drug-likeness (QED) is 0.705. The number of alkyl carbamates (subject to hydrolysis) is 1. The summed E-state index contributed by atoms with van der Waals surface area (Å²) in [6.45, 7) is 14.1. The van der Waals surface area contributed by atoms with Crippen LogP contribution in [0.1, 0.15) is 59.6 Å². The van der Waals surface area contributed by atoms with Crippen molar-refractivity contribution in [3.05, 3.63) is 29.8 Å². The first-order valence-corrected chi connectivity index (χ1v) is 11.2. The van der Waals surface area contributed by atoms with Crippen LogP contribution in [0.15, 0.2) is 24.3 Å². The molecule has 0 bridgehead atoms. The standard InChI is InChI=1S/C24H36N2O6/c1-22(2,3)31-20(27)24(25-21(28)32-23(4,5)6)11-14-30-19(24)17-7-9-18(10-8-17)26-12-15-29-16-13-26/h7-10,19H,11-16H2,1-6H3,(H,25,28)/t19-,24+/m0/s1. The largest absolute Gasteiger partial charge is 0.458 e. The van der Waals surface area contributed by atoms with Gasteiger partial charge < -0.3 is 29.2 Å². The van der Waals surface area contributed by atoms with Crippen molar-refractivity contribution in [2.45, 2.75) is 70.8 Å². The van der Waals surface area contributed by atoms with Gasteiger partial charge in [-0.1, -0.05) is 12.1 Å². The number of rotatable bonds is 4. The van der Waals surface area contributed by atoms with E-state index in [1.165, 1.54) is 0 Å². The van der Waals surface area contributed by atoms with Crippen LogP contribution in [0.25, 0.3) is 0 Å². The molecule has 2 heterocycles. The number of carbonyl (C=O) groups is 2. The fourth-order valence-corrected chi connectivity index (χ4v) is 3.92. The number of nitrogens with one attached hydrogen (secondary N) is 1. The van der Waals surface area contributed by atoms with Gasteiger partial charge in [-0.05, 0) is 59.2 Å². The van der Waals surface area contributed by atoms with Gasteiger partial charge >= 0.3 is 12.1 Å². The molecule has 0 radical (unpaired) electrons. The lowest BCUT2D eigenvalue weighted by atomic mass is 9.86. The first-order valence-electron chi connectivity index (χ1n) is 11.2. The summed E-state index contributed by atoms with van der Waals surface area (Å²) in [5, 5.41) is 2.81. The number of morpholine rings is 1. The zero-order valence-corrected chi connectivity index (χ0v) is 20.0. The Labute approximate surface area is 190 Å². The molecule has 2 saturated heterocycles. The van der Waals surface area contributed by atoms with Crippen molar-refractivity contribution in [2.75, 3.05) is 37.8 Å². The highest BCUT2D eigenvalue weighted by Crippen LogP contribution is 2.41. The number of benzene rings is 1. The smallest absolute Gasteiger partial charge is 0.408 e. The highest BCUT2D eigenvalue weighted by atomic mass is 16.6. The maximum Gasteiger partial charge on any atom is 0.408 e. The second-order valence-corrected chi connectivity index (χ2v) is 10.3. The zero-order valence-electron chi connectivity index (χ0n) is 20.0. The van der Waals surface area contributed by atoms with E-state index in [0.29, 0.717) is 19.8 Å². The lowest BCUT2D eigenvalue weighted by Gasteiger charge is -2.36. The summed E-state index contributed by atoms with van der Waals surface area (Å²) in [6.07, 6.45) is -1.08. The molecule has 0 aromatic heterocycles. The molecule has 2 aliphatic heterocycles. The molecule has 0 saturated carbocycles. The van der Waals surface area contributed by atoms with Gasteiger partial charge in [-0.25, -0.2) is 9.59 Å². The Hall–Kier alpha value is -2.32. The minimum absolute atomic E-state index is 0.289. The zero-order chi connectivity index (χ0) is 23.6. The second kappa shape index (κ2) is 9.27. The average molecular weight is 449 g/mol. The van der Waals surface area contributed by atoms with Crippen molar-refractivity contribution >= 4 is 17.7 Å². The fourth-order valence-electron chi connectivity index (χ4n) is 3.92. The van der Waals surface area contributed by atoms with Gasteiger partial charge in [-0.3, -0.25) is 0 Å². The summed E-state index contributed by atoms with van der Waals surface area (Å²) in [7, 11) is 0. The van der Waals surface area contributed by atoms with E-state index < -0.39 is 34.9 Å². The fraction of sp³-hybridized carbons (Fsp3) is 0.667. The van der Waals surface area contributed by atoms with Crippen LogP contribution in [0.4, 0.5) is 10.5 Å². The Kier molecular flexibility index (Phi) is 7.05. The molecule has 8 nitrogen and oxygen atoms in total. The Morgan fingerprint density at radius 2 is 1.56 bits per heavy atom. The first-order chi connectivity index (χ1) is 14.9. The third-order valence-electron chi connectivity index (χ3n) is 5.29. The molecule has 1 N–H and O–H groups in total. The van der Waals surface area contributed by atoms with Gasteiger partial charge in [-0.2, -0.15) is 0 Å². The number of amides is 1. The third-order valence-corrected chi connectivity index (χ3v) is 5.29. The first kappa shape index (κ1) is 24.3. The van der Waals surface area contributed by atoms with E-state index in [4.69, 9.17) is 18.9 Å². The molecule has 32 heavy (non-hydrogen) atoms. The van der Waals surface area contributed by atoms with Gasteiger partial charge in [0.15, 0.2) is 5.54 Å². The number of anilines is 1. The molecule has 2 aliphatic rings. The van der Waals surface area contributed by atoms with Crippen molar-refractivity contribution < 1.29 is 28.5 Å². The number of nitrogens with zero attached hydrogens (tertiary/aromatic N) is 1. The number of carbonyl (C=O) groups excluding carboxylic acids is 2. The Morgan fingerprint density at radius 1 is 0.969 bits per heavy atom. The topological polar surface area (TPSA) is 86.3 Å². The minimum atomic E-state index is -1.38. The molecule has 1 aromatic rings. The van der Waals surface area contributed by atoms with Crippen molar-refractivity contribution in [1.29, 1.82) is 0 Å². The molecule has 2 fully saturated rings. The summed E-state index contributed by atoms with van der Waals surface area (Å²) in [4.78, 5) is 28.4. The van der Waals surface area contributed by atoms with Crippen molar-refractivity contribution in [1.82, 2.24) is 5.32 Å². The van der Waals surface area contributed by atoms with Gasteiger partial charge in [0.25, 0.3) is 0 Å². The van der Waals surface area contributed by atoms with Gasteiger partial charge in [0, 0.05) is 25.2 Å². The van der Waals surface area contributed by atoms with Gasteiger partial charge in [0.1, 0.15) is 17.3 Å². The highest BCUT2D eigenvalue weighted by Gasteiger charge is 2.55. The molecule has 2 atom stereocenters. The maximum absolute atomic E-state index is 13.4. The molecular weight excluding hydrogens is 412 g/mol. The summed E-state index contributed by atoms with van der Waals surface area (Å²) in [5.74, 6) is -0.532. The second-order valence-electron chi connectivity index (χ2n) is 10.3. The van der Waals surface area contributed by atoms with Crippen LogP contribution in [0.5, 0.6) is 0 Å². The van der Waals surface area contributed by atoms with Crippen LogP contribution < -0.4 is 10.2 Å². The van der Waals surface area contributed by atoms with E-state index in [9.17, 15) is 9.59 Å². The Bertz CT molecular complexity index is 805. The van der Waals surface area contributed by atoms with E-state index >= 15 is 0 Å². The average Bonchev–Trinajstić information content (AvgIpc) is 3.10. The van der Waals surface area contributed by atoms with E-state index in [1.54, 1.807) is 41.5 Å². The SMILES string of the molecule is CC(C)(C)OC(=O)N[C@]1(C(=O)OC(C)(C)C)CCO[C@H]1c1ccc(N2CCOCC2)cc1. The molecule has 0 unspecified atom stereocenters. The summed E-state index contributed by atoms with van der Waals surface area (Å²) < 4.78 is 22.6. The number of hydrogen-bond donors (Lipinski definition) is 1. The number of esters is 1. The molecule has 1 amide bonds.